The number of ether oxygens (including phenoxy) is 2. The minimum atomic E-state index is -0.381. The number of oxime groups is 1. The van der Waals surface area contributed by atoms with Crippen LogP contribution >= 0.6 is 0 Å². The molecule has 1 spiro atoms. The second-order valence-corrected chi connectivity index (χ2v) is 13.1. The Hall–Kier alpha value is -1.10. The van der Waals surface area contributed by atoms with E-state index in [1.165, 1.54) is 12.8 Å². The number of nitrogens with zero attached hydrogens (tertiary/aromatic N) is 1. The third kappa shape index (κ3) is 2.21. The summed E-state index contributed by atoms with van der Waals surface area (Å²) in [6, 6.07) is 0. The standard InChI is InChI=1S/C27H41NO4/c1-15(2)27-14-26-12-9-19-24(3,10-6-11-25(19,4)23(29)31-5)20(26)13-16(27)21-18(32-27)8-7-17(28-30)22(21)26/h15-16,18-22,30H,6-14H2,1-5H3/b28-17+/t16-,18+,19-,20-,21+,22-,24+,25-,26+,27?/m1/s1. The Balaban J connectivity index is 1.49. The van der Waals surface area contributed by atoms with Crippen LogP contribution in [0.15, 0.2) is 5.16 Å². The van der Waals surface area contributed by atoms with Crippen LogP contribution in [0, 0.1) is 51.8 Å². The number of carbonyl (C=O) groups is 1. The average Bonchev–Trinajstić information content (AvgIpc) is 3.08. The molecule has 5 heteroatoms. The van der Waals surface area contributed by atoms with Crippen molar-refractivity contribution in [3.8, 4) is 0 Å². The van der Waals surface area contributed by atoms with Gasteiger partial charge in [-0.05, 0) is 98.7 Å². The second kappa shape index (κ2) is 6.52. The monoisotopic (exact) mass is 443 g/mol. The van der Waals surface area contributed by atoms with Crippen molar-refractivity contribution in [3.63, 3.8) is 0 Å². The maximum atomic E-state index is 13.0. The molecule has 178 valence electrons. The summed E-state index contributed by atoms with van der Waals surface area (Å²) in [5, 5.41) is 14.0. The fourth-order valence-corrected chi connectivity index (χ4v) is 11.2. The fourth-order valence-electron chi connectivity index (χ4n) is 11.2. The summed E-state index contributed by atoms with van der Waals surface area (Å²) >= 11 is 0. The first kappa shape index (κ1) is 21.4. The maximum absolute atomic E-state index is 13.0. The van der Waals surface area contributed by atoms with E-state index in [0.717, 1.165) is 50.7 Å². The molecule has 1 unspecified atom stereocenters. The Labute approximate surface area is 192 Å². The Morgan fingerprint density at radius 1 is 1.19 bits per heavy atom. The predicted octanol–water partition coefficient (Wildman–Crippen LogP) is 5.44. The van der Waals surface area contributed by atoms with Crippen LogP contribution in [0.25, 0.3) is 0 Å². The molecule has 0 aromatic carbocycles. The molecule has 5 nitrogen and oxygen atoms in total. The molecule has 1 aliphatic heterocycles. The average molecular weight is 444 g/mol. The lowest BCUT2D eigenvalue weighted by Gasteiger charge is -2.73. The summed E-state index contributed by atoms with van der Waals surface area (Å²) in [6.45, 7) is 9.41. The molecule has 1 saturated heterocycles. The Morgan fingerprint density at radius 2 is 1.97 bits per heavy atom. The van der Waals surface area contributed by atoms with Gasteiger partial charge in [-0.2, -0.15) is 0 Å². The summed E-state index contributed by atoms with van der Waals surface area (Å²) in [5.41, 5.74) is 0.923. The maximum Gasteiger partial charge on any atom is 0.311 e. The summed E-state index contributed by atoms with van der Waals surface area (Å²) in [5.74, 6) is 2.84. The van der Waals surface area contributed by atoms with Crippen molar-refractivity contribution in [1.29, 1.82) is 0 Å². The van der Waals surface area contributed by atoms with Crippen LogP contribution in [0.2, 0.25) is 0 Å². The summed E-state index contributed by atoms with van der Waals surface area (Å²) in [6.07, 6.45) is 9.98. The van der Waals surface area contributed by atoms with Crippen molar-refractivity contribution < 1.29 is 19.5 Å². The van der Waals surface area contributed by atoms with Gasteiger partial charge in [-0.25, -0.2) is 0 Å². The quantitative estimate of drug-likeness (QED) is 0.350. The summed E-state index contributed by atoms with van der Waals surface area (Å²) < 4.78 is 12.4. The molecular weight excluding hydrogens is 402 g/mol. The first-order chi connectivity index (χ1) is 15.2. The van der Waals surface area contributed by atoms with Gasteiger partial charge in [0.1, 0.15) is 0 Å². The number of hydrogen-bond acceptors (Lipinski definition) is 5. The number of hydrogen-bond donors (Lipinski definition) is 1. The van der Waals surface area contributed by atoms with Gasteiger partial charge in [-0.1, -0.05) is 32.3 Å². The van der Waals surface area contributed by atoms with E-state index in [2.05, 4.69) is 32.9 Å². The lowest BCUT2D eigenvalue weighted by molar-refractivity contribution is -0.245. The number of carbonyl (C=O) groups excluding carboxylic acids is 1. The third-order valence-corrected chi connectivity index (χ3v) is 12.2. The van der Waals surface area contributed by atoms with Gasteiger partial charge in [-0.3, -0.25) is 4.79 Å². The molecule has 0 radical (unpaired) electrons. The van der Waals surface area contributed by atoms with Crippen LogP contribution in [0.4, 0.5) is 0 Å². The molecule has 0 aromatic rings. The highest BCUT2D eigenvalue weighted by molar-refractivity contribution is 5.89. The van der Waals surface area contributed by atoms with Crippen molar-refractivity contribution in [3.05, 3.63) is 0 Å². The van der Waals surface area contributed by atoms with E-state index in [1.807, 2.05) is 0 Å². The van der Waals surface area contributed by atoms with E-state index >= 15 is 0 Å². The minimum absolute atomic E-state index is 0.0114. The number of esters is 1. The summed E-state index contributed by atoms with van der Waals surface area (Å²) in [7, 11) is 1.56. The molecule has 1 N–H and O–H groups in total. The normalized spacial score (nSPS) is 56.8. The second-order valence-electron chi connectivity index (χ2n) is 13.1. The van der Waals surface area contributed by atoms with E-state index < -0.39 is 0 Å². The zero-order valence-electron chi connectivity index (χ0n) is 20.5. The van der Waals surface area contributed by atoms with Gasteiger partial charge in [0.05, 0.1) is 29.9 Å². The molecule has 10 atom stereocenters. The third-order valence-electron chi connectivity index (χ3n) is 12.2. The van der Waals surface area contributed by atoms with Crippen molar-refractivity contribution in [2.45, 2.75) is 97.2 Å². The molecule has 7 aliphatic rings. The van der Waals surface area contributed by atoms with Crippen LogP contribution in [-0.4, -0.2) is 35.7 Å². The van der Waals surface area contributed by atoms with E-state index in [9.17, 15) is 10.0 Å². The van der Waals surface area contributed by atoms with Gasteiger partial charge < -0.3 is 14.7 Å². The predicted molar refractivity (Wildman–Crippen MR) is 121 cm³/mol. The van der Waals surface area contributed by atoms with Crippen LogP contribution in [-0.2, 0) is 14.3 Å². The molecule has 0 amide bonds. The smallest absolute Gasteiger partial charge is 0.311 e. The van der Waals surface area contributed by atoms with Crippen LogP contribution < -0.4 is 0 Å². The molecule has 7 fully saturated rings. The Bertz CT molecular complexity index is 870. The molecule has 6 aliphatic carbocycles. The van der Waals surface area contributed by atoms with Gasteiger partial charge in [0.15, 0.2) is 0 Å². The molecule has 4 bridgehead atoms. The molecular formula is C27H41NO4. The Morgan fingerprint density at radius 3 is 2.66 bits per heavy atom. The van der Waals surface area contributed by atoms with Gasteiger partial charge >= 0.3 is 5.97 Å². The molecule has 32 heavy (non-hydrogen) atoms. The Kier molecular flexibility index (Phi) is 4.37. The molecule has 6 saturated carbocycles. The lowest BCUT2D eigenvalue weighted by atomic mass is 9.31. The zero-order chi connectivity index (χ0) is 22.7. The van der Waals surface area contributed by atoms with Gasteiger partial charge in [0.25, 0.3) is 0 Å². The van der Waals surface area contributed by atoms with E-state index in [-0.39, 0.29) is 27.8 Å². The van der Waals surface area contributed by atoms with Crippen molar-refractivity contribution in [2.24, 2.45) is 56.9 Å². The number of rotatable bonds is 2. The zero-order valence-corrected chi connectivity index (χ0v) is 20.5. The van der Waals surface area contributed by atoms with Gasteiger partial charge in [-0.15, -0.1) is 0 Å². The van der Waals surface area contributed by atoms with E-state index in [1.54, 1.807) is 7.11 Å². The SMILES string of the molecule is COC(=O)[C@]1(C)CCC[C@]2(C)[C@H]3C[C@@H]4[C@H]5[C@@H]6CC/C(=N\O)[C@H]5[C@@]3(CC[C@H]21)CC4(C(C)C)O6. The number of methoxy groups -OCH3 is 1. The van der Waals surface area contributed by atoms with Crippen molar-refractivity contribution >= 4 is 11.7 Å². The number of fused-ring (bicyclic) bond motifs is 1. The first-order valence-electron chi connectivity index (χ1n) is 13.1. The van der Waals surface area contributed by atoms with Crippen molar-refractivity contribution in [1.82, 2.24) is 0 Å². The van der Waals surface area contributed by atoms with E-state index in [4.69, 9.17) is 9.47 Å². The molecule has 0 aromatic heterocycles. The summed E-state index contributed by atoms with van der Waals surface area (Å²) in [4.78, 5) is 13.0. The fraction of sp³-hybridized carbons (Fsp3) is 0.926. The van der Waals surface area contributed by atoms with Crippen molar-refractivity contribution in [2.75, 3.05) is 7.11 Å². The highest BCUT2D eigenvalue weighted by Crippen LogP contribution is 2.79. The minimum Gasteiger partial charge on any atom is -0.469 e. The first-order valence-corrected chi connectivity index (χ1v) is 13.1. The highest BCUT2D eigenvalue weighted by Gasteiger charge is 2.78. The molecule has 7 rings (SSSR count). The van der Waals surface area contributed by atoms with Gasteiger partial charge in [0, 0.05) is 5.92 Å². The topological polar surface area (TPSA) is 68.1 Å². The molecule has 1 heterocycles. The van der Waals surface area contributed by atoms with Crippen LogP contribution in [0.3, 0.4) is 0 Å². The van der Waals surface area contributed by atoms with Gasteiger partial charge in [0.2, 0.25) is 0 Å². The lowest BCUT2D eigenvalue weighted by Crippen LogP contribution is -2.71. The van der Waals surface area contributed by atoms with E-state index in [0.29, 0.717) is 41.6 Å². The largest absolute Gasteiger partial charge is 0.469 e. The van der Waals surface area contributed by atoms with Crippen LogP contribution in [0.1, 0.15) is 85.5 Å². The van der Waals surface area contributed by atoms with Crippen LogP contribution in [0.5, 0.6) is 0 Å². The highest BCUT2D eigenvalue weighted by atomic mass is 16.5.